The molecular formula is C16H19N7O4S. The van der Waals surface area contributed by atoms with Crippen LogP contribution in [0.15, 0.2) is 14.4 Å². The van der Waals surface area contributed by atoms with Crippen molar-refractivity contribution in [1.29, 1.82) is 0 Å². The zero-order chi connectivity index (χ0) is 19.7. The Bertz CT molecular complexity index is 1070. The summed E-state index contributed by atoms with van der Waals surface area (Å²) in [5.74, 6) is 0.370. The number of anilines is 1. The zero-order valence-corrected chi connectivity index (χ0v) is 16.2. The monoisotopic (exact) mass is 405 g/mol. The number of carbonyl (C=O) groups is 1. The number of nitrogens with one attached hydrogen (secondary N) is 2. The molecule has 11 nitrogen and oxygen atoms in total. The van der Waals surface area contributed by atoms with Crippen molar-refractivity contribution >= 4 is 34.3 Å². The fourth-order valence-electron chi connectivity index (χ4n) is 3.22. The van der Waals surface area contributed by atoms with Gasteiger partial charge in [-0.05, 0) is 37.1 Å². The number of aryl methyl sites for hydroxylation is 2. The number of amides is 1. The Morgan fingerprint density at radius 1 is 1.39 bits per heavy atom. The summed E-state index contributed by atoms with van der Waals surface area (Å²) >= 11 is 1.20. The van der Waals surface area contributed by atoms with E-state index in [4.69, 9.17) is 9.15 Å². The second-order valence-electron chi connectivity index (χ2n) is 6.49. The molecule has 0 unspecified atom stereocenters. The smallest absolute Gasteiger partial charge is 0.277 e. The first-order chi connectivity index (χ1) is 13.5. The summed E-state index contributed by atoms with van der Waals surface area (Å²) < 4.78 is 12.8. The first-order valence-corrected chi connectivity index (χ1v) is 9.80. The van der Waals surface area contributed by atoms with Gasteiger partial charge in [-0.25, -0.2) is 9.78 Å². The second-order valence-corrected chi connectivity index (χ2v) is 7.43. The predicted octanol–water partition coefficient (Wildman–Crippen LogP) is 1.03. The molecule has 1 aliphatic heterocycles. The fraction of sp³-hybridized carbons (Fsp3) is 0.500. The van der Waals surface area contributed by atoms with Gasteiger partial charge < -0.3 is 9.15 Å². The number of ether oxygens (including phenoxy) is 1. The Labute approximate surface area is 163 Å². The van der Waals surface area contributed by atoms with E-state index in [2.05, 4.69) is 31.0 Å². The summed E-state index contributed by atoms with van der Waals surface area (Å²) in [7, 11) is 0. The lowest BCUT2D eigenvalue weighted by molar-refractivity contribution is -0.113. The minimum absolute atomic E-state index is 0.0646. The quantitative estimate of drug-likeness (QED) is 0.575. The van der Waals surface area contributed by atoms with E-state index in [0.29, 0.717) is 28.5 Å². The third kappa shape index (κ3) is 3.64. The lowest BCUT2D eigenvalue weighted by Gasteiger charge is -2.09. The maximum Gasteiger partial charge on any atom is 0.277 e. The van der Waals surface area contributed by atoms with Gasteiger partial charge in [-0.15, -0.1) is 5.10 Å². The van der Waals surface area contributed by atoms with E-state index in [1.807, 2.05) is 0 Å². The molecule has 148 valence electrons. The van der Waals surface area contributed by atoms with Crippen molar-refractivity contribution in [2.75, 3.05) is 17.7 Å². The van der Waals surface area contributed by atoms with Crippen LogP contribution in [0.3, 0.4) is 0 Å². The van der Waals surface area contributed by atoms with Gasteiger partial charge in [0.05, 0.1) is 29.5 Å². The number of fused-ring (bicyclic) bond motifs is 1. The first kappa shape index (κ1) is 18.6. The molecule has 0 bridgehead atoms. The normalized spacial score (nSPS) is 16.7. The van der Waals surface area contributed by atoms with Crippen molar-refractivity contribution < 1.29 is 13.9 Å². The van der Waals surface area contributed by atoms with Crippen LogP contribution in [0.5, 0.6) is 0 Å². The predicted molar refractivity (Wildman–Crippen MR) is 100 cm³/mol. The summed E-state index contributed by atoms with van der Waals surface area (Å²) in [5.41, 5.74) is 0.208. The first-order valence-electron chi connectivity index (χ1n) is 8.81. The van der Waals surface area contributed by atoms with Gasteiger partial charge in [0.15, 0.2) is 0 Å². The third-order valence-electron chi connectivity index (χ3n) is 4.48. The van der Waals surface area contributed by atoms with Crippen LogP contribution in [0.1, 0.15) is 24.3 Å². The van der Waals surface area contributed by atoms with Crippen molar-refractivity contribution in [3.8, 4) is 0 Å². The Hall–Kier alpha value is -2.73. The van der Waals surface area contributed by atoms with Gasteiger partial charge in [0.2, 0.25) is 16.9 Å². The molecule has 0 radical (unpaired) electrons. The van der Waals surface area contributed by atoms with Gasteiger partial charge in [-0.2, -0.15) is 5.10 Å². The number of aromatic nitrogens is 6. The maximum atomic E-state index is 12.4. The number of H-pyrrole nitrogens is 1. The van der Waals surface area contributed by atoms with Gasteiger partial charge in [-0.3, -0.25) is 14.9 Å². The van der Waals surface area contributed by atoms with Crippen molar-refractivity contribution in [3.05, 3.63) is 21.8 Å². The Balaban J connectivity index is 1.44. The average molecular weight is 405 g/mol. The number of furan rings is 1. The SMILES string of the molecule is Cc1n[nH]c(=O)c2c(NC(=O)CSc3nnnn3C[C@H]3CCCO3)oc(C)c12. The summed E-state index contributed by atoms with van der Waals surface area (Å²) in [6.07, 6.45) is 2.10. The van der Waals surface area contributed by atoms with Crippen molar-refractivity contribution in [3.63, 3.8) is 0 Å². The number of thioether (sulfide) groups is 1. The summed E-state index contributed by atoms with van der Waals surface area (Å²) in [4.78, 5) is 24.5. The largest absolute Gasteiger partial charge is 0.444 e. The van der Waals surface area contributed by atoms with Crippen LogP contribution in [0.4, 0.5) is 5.88 Å². The molecule has 1 fully saturated rings. The standard InChI is InChI=1S/C16H19N7O4S/c1-8-12-9(2)27-15(13(12)14(25)19-18-8)17-11(24)7-28-16-20-21-22-23(16)6-10-4-3-5-26-10/h10H,3-7H2,1-2H3,(H,17,24)(H,19,25)/t10-/m1/s1. The van der Waals surface area contributed by atoms with Crippen LogP contribution in [-0.2, 0) is 16.1 Å². The minimum Gasteiger partial charge on any atom is -0.444 e. The molecule has 0 aliphatic carbocycles. The molecule has 12 heteroatoms. The third-order valence-corrected chi connectivity index (χ3v) is 5.44. The van der Waals surface area contributed by atoms with Gasteiger partial charge in [0.25, 0.3) is 5.56 Å². The van der Waals surface area contributed by atoms with E-state index in [1.165, 1.54) is 11.8 Å². The number of hydrogen-bond donors (Lipinski definition) is 2. The molecule has 0 saturated carbocycles. The van der Waals surface area contributed by atoms with Crippen molar-refractivity contribution in [2.45, 2.75) is 44.5 Å². The van der Waals surface area contributed by atoms with Crippen LogP contribution >= 0.6 is 11.8 Å². The van der Waals surface area contributed by atoms with Crippen LogP contribution in [0.25, 0.3) is 10.8 Å². The molecule has 28 heavy (non-hydrogen) atoms. The molecule has 3 aromatic heterocycles. The number of rotatable bonds is 6. The number of aromatic amines is 1. The van der Waals surface area contributed by atoms with E-state index in [9.17, 15) is 9.59 Å². The highest BCUT2D eigenvalue weighted by Gasteiger charge is 2.21. The van der Waals surface area contributed by atoms with Crippen LogP contribution < -0.4 is 10.9 Å². The highest BCUT2D eigenvalue weighted by molar-refractivity contribution is 7.99. The maximum absolute atomic E-state index is 12.4. The second kappa shape index (κ2) is 7.72. The Morgan fingerprint density at radius 2 is 2.25 bits per heavy atom. The highest BCUT2D eigenvalue weighted by atomic mass is 32.2. The molecule has 2 N–H and O–H groups in total. The van der Waals surface area contributed by atoms with E-state index >= 15 is 0 Å². The van der Waals surface area contributed by atoms with Crippen LogP contribution in [-0.4, -0.2) is 54.8 Å². The zero-order valence-electron chi connectivity index (χ0n) is 15.4. The lowest BCUT2D eigenvalue weighted by Crippen LogP contribution is -2.19. The number of tetrazole rings is 1. The molecule has 4 heterocycles. The topological polar surface area (TPSA) is 141 Å². The average Bonchev–Trinajstić information content (AvgIpc) is 3.39. The van der Waals surface area contributed by atoms with Crippen LogP contribution in [0.2, 0.25) is 0 Å². The van der Waals surface area contributed by atoms with E-state index in [1.54, 1.807) is 18.5 Å². The summed E-state index contributed by atoms with van der Waals surface area (Å²) in [6, 6.07) is 0. The molecule has 1 saturated heterocycles. The lowest BCUT2D eigenvalue weighted by atomic mass is 10.2. The van der Waals surface area contributed by atoms with Gasteiger partial charge in [-0.1, -0.05) is 11.8 Å². The molecular weight excluding hydrogens is 386 g/mol. The summed E-state index contributed by atoms with van der Waals surface area (Å²) in [5, 5.41) is 22.0. The Kier molecular flexibility index (Phi) is 5.13. The van der Waals surface area contributed by atoms with Crippen molar-refractivity contribution in [1.82, 2.24) is 30.4 Å². The molecule has 0 aromatic carbocycles. The van der Waals surface area contributed by atoms with E-state index < -0.39 is 5.56 Å². The molecule has 1 amide bonds. The highest BCUT2D eigenvalue weighted by Crippen LogP contribution is 2.28. The van der Waals surface area contributed by atoms with E-state index in [-0.39, 0.29) is 29.0 Å². The molecule has 1 atom stereocenters. The van der Waals surface area contributed by atoms with Gasteiger partial charge in [0, 0.05) is 6.61 Å². The number of hydrogen-bond acceptors (Lipinski definition) is 9. The Morgan fingerprint density at radius 3 is 3.04 bits per heavy atom. The molecule has 1 aliphatic rings. The van der Waals surface area contributed by atoms with Gasteiger partial charge in [0.1, 0.15) is 11.1 Å². The van der Waals surface area contributed by atoms with Crippen LogP contribution in [0, 0.1) is 13.8 Å². The molecule has 3 aromatic rings. The minimum atomic E-state index is -0.416. The molecule has 4 rings (SSSR count). The summed E-state index contributed by atoms with van der Waals surface area (Å²) in [6.45, 7) is 4.79. The van der Waals surface area contributed by atoms with E-state index in [0.717, 1.165) is 19.4 Å². The fourth-order valence-corrected chi connectivity index (χ4v) is 3.91. The number of nitrogens with zero attached hydrogens (tertiary/aromatic N) is 5. The van der Waals surface area contributed by atoms with Crippen molar-refractivity contribution in [2.24, 2.45) is 0 Å². The molecule has 0 spiro atoms. The van der Waals surface area contributed by atoms with Gasteiger partial charge >= 0.3 is 0 Å². The number of carbonyl (C=O) groups excluding carboxylic acids is 1.